The van der Waals surface area contributed by atoms with Gasteiger partial charge in [-0.3, -0.25) is 14.8 Å². The smallest absolute Gasteiger partial charge is 0.259 e. The Bertz CT molecular complexity index is 876. The van der Waals surface area contributed by atoms with Crippen molar-refractivity contribution >= 4 is 25.1 Å². The summed E-state index contributed by atoms with van der Waals surface area (Å²) in [6.07, 6.45) is 8.32. The Kier molecular flexibility index (Phi) is 6.98. The summed E-state index contributed by atoms with van der Waals surface area (Å²) in [5, 5.41) is 6.40. The third-order valence-electron chi connectivity index (χ3n) is 6.37. The van der Waals surface area contributed by atoms with Crippen LogP contribution < -0.4 is 10.6 Å². The van der Waals surface area contributed by atoms with Gasteiger partial charge in [-0.2, -0.15) is 0 Å². The standard InChI is InChI=1S/C23H33N7O2/c1-4-20(29-10-5-7-25-9-11-29)19(13-24-3)28-22(31)21-14-27-23(2,32-21)30-15-17-6-8-26-12-18(17)16-30/h4,8,13-14,21,25H,3,5-7,9-12,15-16H2,1-2H3,(H,28,31)/b19-13+,20-4?. The maximum atomic E-state index is 13.1. The quantitative estimate of drug-likeness (QED) is 0.367. The molecule has 0 radical (unpaired) electrons. The summed E-state index contributed by atoms with van der Waals surface area (Å²) in [5.41, 5.74) is 4.28. The van der Waals surface area contributed by atoms with Crippen LogP contribution in [-0.4, -0.2) is 92.6 Å². The van der Waals surface area contributed by atoms with Gasteiger partial charge in [0.1, 0.15) is 0 Å². The van der Waals surface area contributed by atoms with Crippen molar-refractivity contribution in [3.8, 4) is 0 Å². The molecule has 0 bridgehead atoms. The summed E-state index contributed by atoms with van der Waals surface area (Å²) in [7, 11) is 0. The maximum absolute atomic E-state index is 13.1. The lowest BCUT2D eigenvalue weighted by molar-refractivity contribution is -0.153. The lowest BCUT2D eigenvalue weighted by Gasteiger charge is -2.33. The largest absolute Gasteiger partial charge is 0.369 e. The Morgan fingerprint density at radius 1 is 1.38 bits per heavy atom. The highest BCUT2D eigenvalue weighted by Gasteiger charge is 2.44. The topological polar surface area (TPSA) is 93.9 Å². The van der Waals surface area contributed by atoms with Gasteiger partial charge in [0.15, 0.2) is 6.10 Å². The van der Waals surface area contributed by atoms with Crippen LogP contribution in [0.5, 0.6) is 0 Å². The minimum Gasteiger partial charge on any atom is -0.369 e. The molecule has 4 heterocycles. The van der Waals surface area contributed by atoms with Crippen LogP contribution in [-0.2, 0) is 9.53 Å². The van der Waals surface area contributed by atoms with Gasteiger partial charge in [-0.05, 0) is 37.8 Å². The SMILES string of the molecule is C=N/C=C(/NC(=O)C1C=NC(C)(N2CC3=C(CN=CC3)C2)O1)C(=CC)N1CCCNCC1. The third-order valence-corrected chi connectivity index (χ3v) is 6.37. The van der Waals surface area contributed by atoms with Gasteiger partial charge in [-0.1, -0.05) is 6.08 Å². The fourth-order valence-electron chi connectivity index (χ4n) is 4.59. The highest BCUT2D eigenvalue weighted by molar-refractivity contribution is 5.98. The van der Waals surface area contributed by atoms with Crippen molar-refractivity contribution < 1.29 is 9.53 Å². The molecule has 2 N–H and O–H groups in total. The van der Waals surface area contributed by atoms with Gasteiger partial charge in [0.25, 0.3) is 5.91 Å². The van der Waals surface area contributed by atoms with Gasteiger partial charge in [0.05, 0.1) is 24.1 Å². The molecule has 32 heavy (non-hydrogen) atoms. The Morgan fingerprint density at radius 2 is 2.22 bits per heavy atom. The van der Waals surface area contributed by atoms with E-state index in [2.05, 4.69) is 42.1 Å². The van der Waals surface area contributed by atoms with E-state index < -0.39 is 12.0 Å². The molecule has 9 nitrogen and oxygen atoms in total. The van der Waals surface area contributed by atoms with Crippen molar-refractivity contribution in [2.24, 2.45) is 15.0 Å². The van der Waals surface area contributed by atoms with E-state index in [9.17, 15) is 4.79 Å². The number of nitrogens with zero attached hydrogens (tertiary/aromatic N) is 5. The van der Waals surface area contributed by atoms with Gasteiger partial charge in [-0.15, -0.1) is 0 Å². The summed E-state index contributed by atoms with van der Waals surface area (Å²) in [6.45, 7) is 13.4. The average molecular weight is 440 g/mol. The molecule has 0 aromatic heterocycles. The summed E-state index contributed by atoms with van der Waals surface area (Å²) in [5.74, 6) is -1.13. The number of hydrogen-bond donors (Lipinski definition) is 2. The van der Waals surface area contributed by atoms with Crippen LogP contribution in [0.4, 0.5) is 0 Å². The third kappa shape index (κ3) is 4.74. The van der Waals surface area contributed by atoms with Gasteiger partial charge in [0.2, 0.25) is 5.85 Å². The van der Waals surface area contributed by atoms with Crippen LogP contribution in [0.15, 0.2) is 49.8 Å². The van der Waals surface area contributed by atoms with Crippen molar-refractivity contribution in [3.63, 3.8) is 0 Å². The van der Waals surface area contributed by atoms with Gasteiger partial charge >= 0.3 is 0 Å². The van der Waals surface area contributed by atoms with Crippen molar-refractivity contribution in [2.45, 2.75) is 38.6 Å². The maximum Gasteiger partial charge on any atom is 0.259 e. The van der Waals surface area contributed by atoms with E-state index in [4.69, 9.17) is 4.74 Å². The Balaban J connectivity index is 1.40. The minimum absolute atomic E-state index is 0.264. The van der Waals surface area contributed by atoms with Crippen LogP contribution in [0.1, 0.15) is 26.7 Å². The van der Waals surface area contributed by atoms with Gasteiger partial charge < -0.3 is 20.3 Å². The molecule has 172 valence electrons. The molecule has 0 spiro atoms. The molecule has 1 fully saturated rings. The number of aliphatic imine (C=N–C) groups is 3. The molecule has 2 atom stereocenters. The zero-order valence-electron chi connectivity index (χ0n) is 19.0. The van der Waals surface area contributed by atoms with E-state index >= 15 is 0 Å². The Morgan fingerprint density at radius 3 is 3.00 bits per heavy atom. The highest BCUT2D eigenvalue weighted by atomic mass is 16.6. The molecule has 4 rings (SSSR count). The van der Waals surface area contributed by atoms with Crippen LogP contribution in [0.25, 0.3) is 0 Å². The number of allylic oxidation sites excluding steroid dienone is 1. The van der Waals surface area contributed by atoms with Crippen LogP contribution >= 0.6 is 0 Å². The van der Waals surface area contributed by atoms with E-state index in [1.807, 2.05) is 26.1 Å². The molecular formula is C23H33N7O2. The van der Waals surface area contributed by atoms with E-state index in [-0.39, 0.29) is 5.91 Å². The highest BCUT2D eigenvalue weighted by Crippen LogP contribution is 2.33. The summed E-state index contributed by atoms with van der Waals surface area (Å²) in [6, 6.07) is 0. The van der Waals surface area contributed by atoms with Gasteiger partial charge in [-0.25, -0.2) is 9.89 Å². The van der Waals surface area contributed by atoms with E-state index in [1.54, 1.807) is 12.4 Å². The molecule has 0 saturated carbocycles. The Labute approximate surface area is 189 Å². The number of amides is 1. The van der Waals surface area contributed by atoms with Gasteiger partial charge in [0, 0.05) is 58.5 Å². The molecule has 1 saturated heterocycles. The lowest BCUT2D eigenvalue weighted by atomic mass is 10.1. The average Bonchev–Trinajstić information content (AvgIpc) is 3.32. The molecule has 4 aliphatic rings. The molecule has 0 aromatic carbocycles. The van der Waals surface area contributed by atoms with Crippen LogP contribution in [0.2, 0.25) is 0 Å². The first-order chi connectivity index (χ1) is 15.5. The predicted octanol–water partition coefficient (Wildman–Crippen LogP) is 1.07. The van der Waals surface area contributed by atoms with Crippen molar-refractivity contribution in [1.82, 2.24) is 20.4 Å². The van der Waals surface area contributed by atoms with E-state index in [0.717, 1.165) is 64.4 Å². The van der Waals surface area contributed by atoms with Crippen molar-refractivity contribution in [3.05, 3.63) is 34.8 Å². The van der Waals surface area contributed by atoms with Crippen LogP contribution in [0.3, 0.4) is 0 Å². The number of ether oxygens (including phenoxy) is 1. The predicted molar refractivity (Wildman–Crippen MR) is 127 cm³/mol. The van der Waals surface area contributed by atoms with E-state index in [1.165, 1.54) is 11.1 Å². The molecule has 0 aliphatic carbocycles. The molecule has 0 aromatic rings. The first kappa shape index (κ1) is 22.6. The minimum atomic E-state index is -0.861. The first-order valence-corrected chi connectivity index (χ1v) is 11.3. The monoisotopic (exact) mass is 439 g/mol. The zero-order chi connectivity index (χ0) is 22.6. The molecule has 1 amide bonds. The molecular weight excluding hydrogens is 406 g/mol. The number of carbonyl (C=O) groups excluding carboxylic acids is 1. The summed E-state index contributed by atoms with van der Waals surface area (Å²) < 4.78 is 6.17. The van der Waals surface area contributed by atoms with Crippen molar-refractivity contribution in [1.29, 1.82) is 0 Å². The number of rotatable bonds is 6. The number of hydrogen-bond acceptors (Lipinski definition) is 8. The second kappa shape index (κ2) is 9.89. The first-order valence-electron chi connectivity index (χ1n) is 11.3. The number of nitrogens with one attached hydrogen (secondary N) is 2. The lowest BCUT2D eigenvalue weighted by Crippen LogP contribution is -2.47. The zero-order valence-corrected chi connectivity index (χ0v) is 19.0. The second-order valence-electron chi connectivity index (χ2n) is 8.52. The molecule has 9 heteroatoms. The summed E-state index contributed by atoms with van der Waals surface area (Å²) >= 11 is 0. The fourth-order valence-corrected chi connectivity index (χ4v) is 4.59. The van der Waals surface area contributed by atoms with Crippen molar-refractivity contribution in [2.75, 3.05) is 45.8 Å². The second-order valence-corrected chi connectivity index (χ2v) is 8.52. The Hall–Kier alpha value is -2.62. The fraction of sp³-hybridized carbons (Fsp3) is 0.565. The van der Waals surface area contributed by atoms with Crippen LogP contribution in [0, 0.1) is 0 Å². The number of carbonyl (C=O) groups is 1. The van der Waals surface area contributed by atoms with E-state index in [0.29, 0.717) is 5.70 Å². The normalized spacial score (nSPS) is 29.3. The number of dihydropyridines is 1. The summed E-state index contributed by atoms with van der Waals surface area (Å²) in [4.78, 5) is 30.4. The molecule has 4 aliphatic heterocycles. The molecule has 2 unspecified atom stereocenters.